The SMILES string of the molecule is Cc1cccc(/C=C/C(=O)Nc2cccc(F)c2)c1. The summed E-state index contributed by atoms with van der Waals surface area (Å²) in [5.41, 5.74) is 2.53. The minimum Gasteiger partial charge on any atom is -0.322 e. The Morgan fingerprint density at radius 2 is 1.95 bits per heavy atom. The lowest BCUT2D eigenvalue weighted by atomic mass is 10.1. The summed E-state index contributed by atoms with van der Waals surface area (Å²) in [5.74, 6) is -0.660. The molecule has 19 heavy (non-hydrogen) atoms. The maximum atomic E-state index is 12.9. The van der Waals surface area contributed by atoms with Crippen LogP contribution >= 0.6 is 0 Å². The molecule has 0 aliphatic carbocycles. The first-order chi connectivity index (χ1) is 9.13. The van der Waals surface area contributed by atoms with Crippen molar-refractivity contribution in [3.8, 4) is 0 Å². The van der Waals surface area contributed by atoms with Gasteiger partial charge >= 0.3 is 0 Å². The third-order valence-electron chi connectivity index (χ3n) is 2.56. The molecule has 0 aliphatic rings. The van der Waals surface area contributed by atoms with Gasteiger partial charge in [0.2, 0.25) is 5.91 Å². The van der Waals surface area contributed by atoms with Crippen LogP contribution in [-0.4, -0.2) is 5.91 Å². The highest BCUT2D eigenvalue weighted by Crippen LogP contribution is 2.10. The molecule has 2 nitrogen and oxygen atoms in total. The van der Waals surface area contributed by atoms with E-state index in [-0.39, 0.29) is 11.7 Å². The van der Waals surface area contributed by atoms with E-state index >= 15 is 0 Å². The first-order valence-corrected chi connectivity index (χ1v) is 5.95. The topological polar surface area (TPSA) is 29.1 Å². The van der Waals surface area contributed by atoms with E-state index in [9.17, 15) is 9.18 Å². The molecule has 0 aromatic heterocycles. The van der Waals surface area contributed by atoms with E-state index < -0.39 is 0 Å². The summed E-state index contributed by atoms with van der Waals surface area (Å²) in [4.78, 5) is 11.7. The van der Waals surface area contributed by atoms with Crippen LogP contribution in [0.15, 0.2) is 54.6 Å². The molecule has 2 aromatic carbocycles. The molecular weight excluding hydrogens is 241 g/mol. The Morgan fingerprint density at radius 3 is 2.68 bits per heavy atom. The number of benzene rings is 2. The van der Waals surface area contributed by atoms with E-state index in [1.54, 1.807) is 18.2 Å². The van der Waals surface area contributed by atoms with Crippen LogP contribution in [0.2, 0.25) is 0 Å². The van der Waals surface area contributed by atoms with Crippen molar-refractivity contribution in [3.05, 3.63) is 71.6 Å². The quantitative estimate of drug-likeness (QED) is 0.831. The Kier molecular flexibility index (Phi) is 4.08. The summed E-state index contributed by atoms with van der Waals surface area (Å²) < 4.78 is 12.9. The zero-order valence-electron chi connectivity index (χ0n) is 10.6. The molecule has 0 aliphatic heterocycles. The Hall–Kier alpha value is -2.42. The van der Waals surface area contributed by atoms with Crippen molar-refractivity contribution < 1.29 is 9.18 Å². The lowest BCUT2D eigenvalue weighted by Gasteiger charge is -2.01. The van der Waals surface area contributed by atoms with Crippen molar-refractivity contribution in [2.75, 3.05) is 5.32 Å². The number of nitrogens with one attached hydrogen (secondary N) is 1. The lowest BCUT2D eigenvalue weighted by Crippen LogP contribution is -2.07. The molecule has 0 bridgehead atoms. The van der Waals surface area contributed by atoms with Crippen LogP contribution in [0, 0.1) is 12.7 Å². The number of anilines is 1. The summed E-state index contributed by atoms with van der Waals surface area (Å²) in [7, 11) is 0. The third kappa shape index (κ3) is 4.07. The minimum absolute atomic E-state index is 0.285. The number of hydrogen-bond acceptors (Lipinski definition) is 1. The number of halogens is 1. The van der Waals surface area contributed by atoms with Gasteiger partial charge in [-0.3, -0.25) is 4.79 Å². The average Bonchev–Trinajstić information content (AvgIpc) is 2.36. The molecule has 0 fully saturated rings. The summed E-state index contributed by atoms with van der Waals surface area (Å²) in [6.45, 7) is 1.99. The van der Waals surface area contributed by atoms with Gasteiger partial charge in [-0.15, -0.1) is 0 Å². The maximum Gasteiger partial charge on any atom is 0.248 e. The van der Waals surface area contributed by atoms with Crippen LogP contribution in [0.4, 0.5) is 10.1 Å². The molecule has 2 aromatic rings. The van der Waals surface area contributed by atoms with E-state index in [0.29, 0.717) is 5.69 Å². The Balaban J connectivity index is 2.01. The van der Waals surface area contributed by atoms with E-state index in [1.165, 1.54) is 18.2 Å². The van der Waals surface area contributed by atoms with Crippen molar-refractivity contribution >= 4 is 17.7 Å². The summed E-state index contributed by atoms with van der Waals surface area (Å²) in [5, 5.41) is 2.60. The number of hydrogen-bond donors (Lipinski definition) is 1. The molecule has 2 rings (SSSR count). The van der Waals surface area contributed by atoms with Crippen molar-refractivity contribution in [2.45, 2.75) is 6.92 Å². The van der Waals surface area contributed by atoms with E-state index in [1.807, 2.05) is 31.2 Å². The van der Waals surface area contributed by atoms with Crippen molar-refractivity contribution in [1.82, 2.24) is 0 Å². The molecule has 96 valence electrons. The van der Waals surface area contributed by atoms with Gasteiger partial charge in [0.15, 0.2) is 0 Å². The third-order valence-corrected chi connectivity index (χ3v) is 2.56. The number of carbonyl (C=O) groups excluding carboxylic acids is 1. The Labute approximate surface area is 111 Å². The summed E-state index contributed by atoms with van der Waals surface area (Å²) in [6.07, 6.45) is 3.15. The number of carbonyl (C=O) groups is 1. The number of rotatable bonds is 3. The molecule has 1 N–H and O–H groups in total. The van der Waals surface area contributed by atoms with Gasteiger partial charge in [0, 0.05) is 11.8 Å². The first kappa shape index (κ1) is 13.0. The minimum atomic E-state index is -0.375. The van der Waals surface area contributed by atoms with Crippen LogP contribution in [0.5, 0.6) is 0 Å². The van der Waals surface area contributed by atoms with Gasteiger partial charge in [0.1, 0.15) is 5.82 Å². The van der Waals surface area contributed by atoms with Crippen LogP contribution in [0.1, 0.15) is 11.1 Å². The molecule has 1 amide bonds. The maximum absolute atomic E-state index is 12.9. The van der Waals surface area contributed by atoms with Gasteiger partial charge in [-0.25, -0.2) is 4.39 Å². The first-order valence-electron chi connectivity index (χ1n) is 5.95. The number of amides is 1. The highest BCUT2D eigenvalue weighted by Gasteiger charge is 1.98. The molecule has 0 spiro atoms. The highest BCUT2D eigenvalue weighted by molar-refractivity contribution is 6.01. The van der Waals surface area contributed by atoms with Crippen molar-refractivity contribution in [3.63, 3.8) is 0 Å². The van der Waals surface area contributed by atoms with Gasteiger partial charge in [0.25, 0.3) is 0 Å². The van der Waals surface area contributed by atoms with Crippen LogP contribution < -0.4 is 5.32 Å². The highest BCUT2D eigenvalue weighted by atomic mass is 19.1. The molecule has 0 atom stereocenters. The summed E-state index contributed by atoms with van der Waals surface area (Å²) in [6, 6.07) is 13.6. The average molecular weight is 255 g/mol. The van der Waals surface area contributed by atoms with Crippen molar-refractivity contribution in [2.24, 2.45) is 0 Å². The van der Waals surface area contributed by atoms with E-state index in [2.05, 4.69) is 5.32 Å². The van der Waals surface area contributed by atoms with Crippen molar-refractivity contribution in [1.29, 1.82) is 0 Å². The van der Waals surface area contributed by atoms with Crippen LogP contribution in [0.3, 0.4) is 0 Å². The Bertz CT molecular complexity index is 620. The zero-order valence-corrected chi connectivity index (χ0v) is 10.6. The molecule has 0 saturated carbocycles. The largest absolute Gasteiger partial charge is 0.322 e. The molecule has 3 heteroatoms. The van der Waals surface area contributed by atoms with Crippen LogP contribution in [0.25, 0.3) is 6.08 Å². The van der Waals surface area contributed by atoms with Gasteiger partial charge < -0.3 is 5.32 Å². The molecule has 0 unspecified atom stereocenters. The van der Waals surface area contributed by atoms with E-state index in [0.717, 1.165) is 11.1 Å². The van der Waals surface area contributed by atoms with Gasteiger partial charge in [-0.1, -0.05) is 35.9 Å². The monoisotopic (exact) mass is 255 g/mol. The zero-order chi connectivity index (χ0) is 13.7. The van der Waals surface area contributed by atoms with Crippen LogP contribution in [-0.2, 0) is 4.79 Å². The van der Waals surface area contributed by atoms with Gasteiger partial charge in [-0.2, -0.15) is 0 Å². The summed E-state index contributed by atoms with van der Waals surface area (Å²) >= 11 is 0. The second kappa shape index (κ2) is 5.96. The predicted octanol–water partition coefficient (Wildman–Crippen LogP) is 3.79. The van der Waals surface area contributed by atoms with Gasteiger partial charge in [0.05, 0.1) is 0 Å². The lowest BCUT2D eigenvalue weighted by molar-refractivity contribution is -0.111. The van der Waals surface area contributed by atoms with E-state index in [4.69, 9.17) is 0 Å². The van der Waals surface area contributed by atoms with Gasteiger partial charge in [-0.05, 0) is 36.8 Å². The fourth-order valence-electron chi connectivity index (χ4n) is 1.70. The molecule has 0 heterocycles. The Morgan fingerprint density at radius 1 is 1.16 bits per heavy atom. The number of aryl methyl sites for hydroxylation is 1. The standard InChI is InChI=1S/C16H14FNO/c1-12-4-2-5-13(10-12)8-9-16(19)18-15-7-3-6-14(17)11-15/h2-11H,1H3,(H,18,19)/b9-8+. The predicted molar refractivity (Wildman–Crippen MR) is 75.2 cm³/mol. The smallest absolute Gasteiger partial charge is 0.248 e. The second-order valence-corrected chi connectivity index (χ2v) is 4.25. The fraction of sp³-hybridized carbons (Fsp3) is 0.0625. The normalized spacial score (nSPS) is 10.6. The second-order valence-electron chi connectivity index (χ2n) is 4.25. The molecule has 0 saturated heterocycles. The molecule has 0 radical (unpaired) electrons. The molecular formula is C16H14FNO. The fourth-order valence-corrected chi connectivity index (χ4v) is 1.70.